The number of hydrogen-bond donors (Lipinski definition) is 1. The third kappa shape index (κ3) is 12.2. The number of unbranched alkanes of at least 4 members (excludes halogenated alkanes) is 11. The number of carbonyl (C=O) groups is 1. The summed E-state index contributed by atoms with van der Waals surface area (Å²) in [4.78, 5) is 12.0. The zero-order valence-electron chi connectivity index (χ0n) is 15.9. The molecule has 1 rings (SSSR count). The standard InChI is InChI=1S/C22H36BrNO/c1-2-3-4-5-6-7-8-9-10-11-12-16-19-21(23)22(25)24-20-17-14-13-15-18-20/h13-15,17-18,21H,2-12,16,19H2,1H3,(H,24,25). The van der Waals surface area contributed by atoms with Gasteiger partial charge in [0.25, 0.3) is 0 Å². The van der Waals surface area contributed by atoms with Crippen LogP contribution in [0.5, 0.6) is 0 Å². The van der Waals surface area contributed by atoms with Crippen molar-refractivity contribution in [2.45, 2.75) is 95.2 Å². The zero-order chi connectivity index (χ0) is 18.2. The summed E-state index contributed by atoms with van der Waals surface area (Å²) in [6.07, 6.45) is 17.1. The summed E-state index contributed by atoms with van der Waals surface area (Å²) >= 11 is 3.52. The molecule has 3 heteroatoms. The van der Waals surface area contributed by atoms with Gasteiger partial charge in [0.1, 0.15) is 0 Å². The molecule has 1 unspecified atom stereocenters. The van der Waals surface area contributed by atoms with Gasteiger partial charge >= 0.3 is 0 Å². The Morgan fingerprint density at radius 1 is 0.840 bits per heavy atom. The predicted molar refractivity (Wildman–Crippen MR) is 113 cm³/mol. The van der Waals surface area contributed by atoms with E-state index in [1.165, 1.54) is 70.6 Å². The topological polar surface area (TPSA) is 29.1 Å². The Morgan fingerprint density at radius 2 is 1.32 bits per heavy atom. The maximum Gasteiger partial charge on any atom is 0.238 e. The normalized spacial score (nSPS) is 12.1. The minimum absolute atomic E-state index is 0.0641. The molecule has 0 saturated heterocycles. The van der Waals surface area contributed by atoms with E-state index in [-0.39, 0.29) is 10.7 Å². The van der Waals surface area contributed by atoms with E-state index in [1.54, 1.807) is 0 Å². The monoisotopic (exact) mass is 409 g/mol. The first-order chi connectivity index (χ1) is 12.2. The molecule has 0 heterocycles. The lowest BCUT2D eigenvalue weighted by molar-refractivity contribution is -0.115. The molecule has 0 fully saturated rings. The number of anilines is 1. The highest BCUT2D eigenvalue weighted by atomic mass is 79.9. The number of hydrogen-bond acceptors (Lipinski definition) is 1. The van der Waals surface area contributed by atoms with E-state index in [0.717, 1.165) is 18.5 Å². The molecule has 0 aromatic heterocycles. The van der Waals surface area contributed by atoms with Gasteiger partial charge in [0, 0.05) is 5.69 Å². The van der Waals surface area contributed by atoms with E-state index in [4.69, 9.17) is 0 Å². The zero-order valence-corrected chi connectivity index (χ0v) is 17.5. The Kier molecular flexibility index (Phi) is 13.7. The van der Waals surface area contributed by atoms with Gasteiger partial charge in [-0.2, -0.15) is 0 Å². The Balaban J connectivity index is 1.91. The van der Waals surface area contributed by atoms with Crippen molar-refractivity contribution in [3.8, 4) is 0 Å². The number of amides is 1. The summed E-state index contributed by atoms with van der Waals surface area (Å²) in [7, 11) is 0. The van der Waals surface area contributed by atoms with Gasteiger partial charge in [-0.15, -0.1) is 0 Å². The SMILES string of the molecule is CCCCCCCCCCCCCCC(Br)C(=O)Nc1ccccc1. The number of rotatable bonds is 15. The molecule has 0 saturated carbocycles. The van der Waals surface area contributed by atoms with Gasteiger partial charge in [-0.25, -0.2) is 0 Å². The van der Waals surface area contributed by atoms with Gasteiger partial charge in [0.05, 0.1) is 4.83 Å². The fraction of sp³-hybridized carbons (Fsp3) is 0.682. The number of carbonyl (C=O) groups excluding carboxylic acids is 1. The molecule has 1 N–H and O–H groups in total. The first kappa shape index (κ1) is 22.2. The van der Waals surface area contributed by atoms with Crippen molar-refractivity contribution < 1.29 is 4.79 Å². The van der Waals surface area contributed by atoms with Crippen molar-refractivity contribution in [2.24, 2.45) is 0 Å². The fourth-order valence-electron chi connectivity index (χ4n) is 3.04. The van der Waals surface area contributed by atoms with Crippen molar-refractivity contribution in [1.29, 1.82) is 0 Å². The van der Waals surface area contributed by atoms with Crippen molar-refractivity contribution >= 4 is 27.5 Å². The molecule has 0 aliphatic heterocycles. The van der Waals surface area contributed by atoms with Crippen LogP contribution in [0.4, 0.5) is 5.69 Å². The Morgan fingerprint density at radius 3 is 1.84 bits per heavy atom. The minimum Gasteiger partial charge on any atom is -0.325 e. The van der Waals surface area contributed by atoms with Crippen LogP contribution in [-0.2, 0) is 4.79 Å². The van der Waals surface area contributed by atoms with Crippen molar-refractivity contribution in [1.82, 2.24) is 0 Å². The van der Waals surface area contributed by atoms with Crippen LogP contribution in [0, 0.1) is 0 Å². The van der Waals surface area contributed by atoms with Gasteiger partial charge in [0.2, 0.25) is 5.91 Å². The number of nitrogens with one attached hydrogen (secondary N) is 1. The average Bonchev–Trinajstić information content (AvgIpc) is 2.63. The van der Waals surface area contributed by atoms with Crippen LogP contribution < -0.4 is 5.32 Å². The molecule has 0 aliphatic carbocycles. The van der Waals surface area contributed by atoms with Crippen LogP contribution in [-0.4, -0.2) is 10.7 Å². The minimum atomic E-state index is -0.0872. The Bertz CT molecular complexity index is 435. The molecule has 0 aliphatic rings. The second kappa shape index (κ2) is 15.4. The summed E-state index contributed by atoms with van der Waals surface area (Å²) in [6, 6.07) is 9.66. The molecule has 0 bridgehead atoms. The molecule has 1 aromatic carbocycles. The van der Waals surface area contributed by atoms with Gasteiger partial charge in [0.15, 0.2) is 0 Å². The molecule has 0 radical (unpaired) electrons. The Labute approximate surface area is 163 Å². The van der Waals surface area contributed by atoms with Crippen molar-refractivity contribution in [2.75, 3.05) is 5.32 Å². The van der Waals surface area contributed by atoms with E-state index in [2.05, 4.69) is 28.2 Å². The number of para-hydroxylation sites is 1. The molecular formula is C22H36BrNO. The van der Waals surface area contributed by atoms with Gasteiger partial charge in [-0.05, 0) is 18.6 Å². The van der Waals surface area contributed by atoms with Gasteiger partial charge in [-0.1, -0.05) is 118 Å². The molecule has 1 atom stereocenters. The summed E-state index contributed by atoms with van der Waals surface area (Å²) in [5.74, 6) is 0.0641. The average molecular weight is 410 g/mol. The maximum atomic E-state index is 12.1. The first-order valence-electron chi connectivity index (χ1n) is 10.2. The van der Waals surface area contributed by atoms with E-state index in [1.807, 2.05) is 30.3 Å². The van der Waals surface area contributed by atoms with E-state index in [9.17, 15) is 4.79 Å². The lowest BCUT2D eigenvalue weighted by Gasteiger charge is -2.10. The van der Waals surface area contributed by atoms with Gasteiger partial charge in [-0.3, -0.25) is 4.79 Å². The lowest BCUT2D eigenvalue weighted by atomic mass is 10.0. The number of halogens is 1. The number of benzene rings is 1. The third-order valence-corrected chi connectivity index (χ3v) is 5.51. The highest BCUT2D eigenvalue weighted by Crippen LogP contribution is 2.16. The van der Waals surface area contributed by atoms with Crippen LogP contribution >= 0.6 is 15.9 Å². The van der Waals surface area contributed by atoms with Crippen LogP contribution in [0.3, 0.4) is 0 Å². The summed E-state index contributed by atoms with van der Waals surface area (Å²) in [5, 5.41) is 2.95. The summed E-state index contributed by atoms with van der Waals surface area (Å²) in [5.41, 5.74) is 0.867. The van der Waals surface area contributed by atoms with Crippen LogP contribution in [0.2, 0.25) is 0 Å². The Hall–Kier alpha value is -0.830. The third-order valence-electron chi connectivity index (χ3n) is 4.64. The smallest absolute Gasteiger partial charge is 0.238 e. The maximum absolute atomic E-state index is 12.1. The molecule has 1 aromatic rings. The highest BCUT2D eigenvalue weighted by Gasteiger charge is 2.14. The predicted octanol–water partition coefficient (Wildman–Crippen LogP) is 7.48. The lowest BCUT2D eigenvalue weighted by Crippen LogP contribution is -2.22. The van der Waals surface area contributed by atoms with E-state index >= 15 is 0 Å². The molecular weight excluding hydrogens is 374 g/mol. The number of alkyl halides is 1. The molecule has 25 heavy (non-hydrogen) atoms. The molecule has 0 spiro atoms. The van der Waals surface area contributed by atoms with Gasteiger partial charge < -0.3 is 5.32 Å². The van der Waals surface area contributed by atoms with E-state index < -0.39 is 0 Å². The van der Waals surface area contributed by atoms with E-state index in [0.29, 0.717) is 0 Å². The quantitative estimate of drug-likeness (QED) is 0.236. The fourth-order valence-corrected chi connectivity index (χ4v) is 3.48. The molecule has 2 nitrogen and oxygen atoms in total. The summed E-state index contributed by atoms with van der Waals surface area (Å²) in [6.45, 7) is 2.27. The second-order valence-electron chi connectivity index (χ2n) is 7.00. The van der Waals surface area contributed by atoms with Crippen LogP contribution in [0.1, 0.15) is 90.4 Å². The van der Waals surface area contributed by atoms with Crippen molar-refractivity contribution in [3.63, 3.8) is 0 Å². The summed E-state index contributed by atoms with van der Waals surface area (Å²) < 4.78 is 0. The van der Waals surface area contributed by atoms with Crippen LogP contribution in [0.25, 0.3) is 0 Å². The highest BCUT2D eigenvalue weighted by molar-refractivity contribution is 9.10. The largest absolute Gasteiger partial charge is 0.325 e. The molecule has 142 valence electrons. The van der Waals surface area contributed by atoms with Crippen LogP contribution in [0.15, 0.2) is 30.3 Å². The second-order valence-corrected chi connectivity index (χ2v) is 8.11. The first-order valence-corrected chi connectivity index (χ1v) is 11.2. The molecule has 1 amide bonds. The van der Waals surface area contributed by atoms with Crippen molar-refractivity contribution in [3.05, 3.63) is 30.3 Å².